The van der Waals surface area contributed by atoms with Crippen LogP contribution in [0.4, 0.5) is 5.82 Å². The first-order chi connectivity index (χ1) is 17.9. The summed E-state index contributed by atoms with van der Waals surface area (Å²) in [5.74, 6) is 1.83. The van der Waals surface area contributed by atoms with E-state index in [-0.39, 0.29) is 0 Å². The van der Waals surface area contributed by atoms with Gasteiger partial charge in [0, 0.05) is 18.7 Å². The number of hydrogen-bond donors (Lipinski definition) is 1. The molecule has 1 aromatic heterocycles. The van der Waals surface area contributed by atoms with E-state index in [1.165, 1.54) is 60.8 Å². The van der Waals surface area contributed by atoms with Crippen LogP contribution in [0.3, 0.4) is 0 Å². The minimum Gasteiger partial charge on any atom is -0.396 e. The van der Waals surface area contributed by atoms with E-state index in [0.29, 0.717) is 24.3 Å². The highest BCUT2D eigenvalue weighted by Gasteiger charge is 2.19. The van der Waals surface area contributed by atoms with Crippen LogP contribution >= 0.6 is 0 Å². The highest BCUT2D eigenvalue weighted by Crippen LogP contribution is 2.24. The van der Waals surface area contributed by atoms with Gasteiger partial charge in [0.15, 0.2) is 0 Å². The summed E-state index contributed by atoms with van der Waals surface area (Å²) < 4.78 is 0. The molecular weight excluding hydrogens is 456 g/mol. The Balaban J connectivity index is 0.000000263. The van der Waals surface area contributed by atoms with E-state index in [1.807, 2.05) is 12.1 Å². The number of pyridine rings is 1. The number of allylic oxidation sites excluding steroid dienone is 1. The molecule has 2 aromatic rings. The number of hydrogen-bond acceptors (Lipinski definition) is 5. The standard InChI is InChI=1S/C18H29NO.C14H21N3/c1-5-8-16(9-6-2)18(19-20-14-7-3)17-12-10-15(4)11-13-17;1-11(2)13-4-7-17(8-5-13)10-12-3-6-16-14(15)9-12/h10-13,16H,5-9,14H2,1-4H3;3,6,9,13H,1,4-5,7-8,10H2,2H3,(H2,15,16). The first-order valence-electron chi connectivity index (χ1n) is 14.2. The van der Waals surface area contributed by atoms with Gasteiger partial charge in [-0.1, -0.05) is 80.7 Å². The van der Waals surface area contributed by atoms with Crippen molar-refractivity contribution in [3.63, 3.8) is 0 Å². The quantitative estimate of drug-likeness (QED) is 0.138. The van der Waals surface area contributed by atoms with E-state index in [1.54, 1.807) is 6.20 Å². The molecule has 0 radical (unpaired) electrons. The number of nitrogen functional groups attached to an aromatic ring is 1. The van der Waals surface area contributed by atoms with Gasteiger partial charge in [-0.05, 0) is 88.2 Å². The number of likely N-dealkylation sites (tertiary alicyclic amines) is 1. The average Bonchev–Trinajstić information content (AvgIpc) is 2.88. The monoisotopic (exact) mass is 506 g/mol. The van der Waals surface area contributed by atoms with Crippen LogP contribution in [0, 0.1) is 18.8 Å². The van der Waals surface area contributed by atoms with E-state index in [9.17, 15) is 0 Å². The lowest BCUT2D eigenvalue weighted by atomic mass is 9.89. The molecule has 3 rings (SSSR count). The van der Waals surface area contributed by atoms with Crippen molar-refractivity contribution in [2.24, 2.45) is 17.0 Å². The van der Waals surface area contributed by atoms with Crippen molar-refractivity contribution in [3.05, 3.63) is 71.4 Å². The van der Waals surface area contributed by atoms with Gasteiger partial charge in [-0.15, -0.1) is 0 Å². The largest absolute Gasteiger partial charge is 0.396 e. The highest BCUT2D eigenvalue weighted by molar-refractivity contribution is 6.01. The van der Waals surface area contributed by atoms with Gasteiger partial charge < -0.3 is 10.6 Å². The second-order valence-electron chi connectivity index (χ2n) is 10.4. The van der Waals surface area contributed by atoms with Gasteiger partial charge in [-0.25, -0.2) is 4.98 Å². The lowest BCUT2D eigenvalue weighted by Gasteiger charge is -2.32. The summed E-state index contributed by atoms with van der Waals surface area (Å²) in [7, 11) is 0. The molecule has 0 bridgehead atoms. The smallest absolute Gasteiger partial charge is 0.123 e. The van der Waals surface area contributed by atoms with Crippen molar-refractivity contribution in [3.8, 4) is 0 Å². The van der Waals surface area contributed by atoms with Crippen molar-refractivity contribution in [1.29, 1.82) is 0 Å². The highest BCUT2D eigenvalue weighted by atomic mass is 16.6. The number of benzene rings is 1. The molecule has 0 aliphatic carbocycles. The molecule has 1 aromatic carbocycles. The zero-order valence-electron chi connectivity index (χ0n) is 24.0. The number of piperidine rings is 1. The Morgan fingerprint density at radius 2 is 1.73 bits per heavy atom. The molecule has 2 heterocycles. The minimum atomic E-state index is 0.504. The van der Waals surface area contributed by atoms with Crippen LogP contribution in [0.2, 0.25) is 0 Å². The average molecular weight is 507 g/mol. The molecule has 1 aliphatic heterocycles. The van der Waals surface area contributed by atoms with Crippen molar-refractivity contribution in [1.82, 2.24) is 9.88 Å². The van der Waals surface area contributed by atoms with Crippen LogP contribution in [0.1, 0.15) is 89.3 Å². The molecule has 37 heavy (non-hydrogen) atoms. The van der Waals surface area contributed by atoms with Crippen LogP contribution in [0.25, 0.3) is 0 Å². The maximum atomic E-state index is 5.68. The Bertz CT molecular complexity index is 940. The van der Waals surface area contributed by atoms with Gasteiger partial charge in [0.1, 0.15) is 12.4 Å². The van der Waals surface area contributed by atoms with Crippen molar-refractivity contribution < 1.29 is 4.84 Å². The van der Waals surface area contributed by atoms with Crippen LogP contribution < -0.4 is 5.73 Å². The van der Waals surface area contributed by atoms with E-state index >= 15 is 0 Å². The van der Waals surface area contributed by atoms with Crippen LogP contribution in [-0.4, -0.2) is 35.3 Å². The normalized spacial score (nSPS) is 14.8. The second-order valence-corrected chi connectivity index (χ2v) is 10.4. The fraction of sp³-hybridized carbons (Fsp3) is 0.562. The zero-order chi connectivity index (χ0) is 27.0. The molecular formula is C32H50N4O. The molecule has 2 N–H and O–H groups in total. The summed E-state index contributed by atoms with van der Waals surface area (Å²) in [5, 5.41) is 4.47. The molecule has 5 heteroatoms. The molecule has 1 aliphatic rings. The van der Waals surface area contributed by atoms with Gasteiger partial charge in [0.25, 0.3) is 0 Å². The number of rotatable bonds is 12. The first kappa shape index (κ1) is 30.6. The SMILES string of the molecule is C=C(C)C1CCN(Cc2ccnc(N)c2)CC1.CCCON=C(c1ccc(C)cc1)C(CCC)CCC. The molecule has 0 saturated carbocycles. The van der Waals surface area contributed by atoms with Crippen LogP contribution in [-0.2, 0) is 11.4 Å². The van der Waals surface area contributed by atoms with Crippen LogP contribution in [0.15, 0.2) is 59.9 Å². The van der Waals surface area contributed by atoms with E-state index < -0.39 is 0 Å². The molecule has 0 unspecified atom stereocenters. The number of oxime groups is 1. The molecule has 0 amide bonds. The molecule has 0 atom stereocenters. The minimum absolute atomic E-state index is 0.504. The number of aryl methyl sites for hydroxylation is 1. The number of nitrogens with two attached hydrogens (primary N) is 1. The van der Waals surface area contributed by atoms with Gasteiger partial charge in [-0.2, -0.15) is 0 Å². The van der Waals surface area contributed by atoms with Crippen LogP contribution in [0.5, 0.6) is 0 Å². The van der Waals surface area contributed by atoms with Gasteiger partial charge in [-0.3, -0.25) is 4.90 Å². The predicted molar refractivity (Wildman–Crippen MR) is 159 cm³/mol. The first-order valence-corrected chi connectivity index (χ1v) is 14.2. The number of nitrogens with zero attached hydrogens (tertiary/aromatic N) is 3. The van der Waals surface area contributed by atoms with E-state index in [0.717, 1.165) is 31.8 Å². The summed E-state index contributed by atoms with van der Waals surface area (Å²) in [6, 6.07) is 12.6. The number of anilines is 1. The Morgan fingerprint density at radius 1 is 1.08 bits per heavy atom. The molecule has 1 fully saturated rings. The fourth-order valence-electron chi connectivity index (χ4n) is 4.84. The van der Waals surface area contributed by atoms with E-state index in [4.69, 9.17) is 10.6 Å². The Labute approximate surface area is 226 Å². The topological polar surface area (TPSA) is 63.7 Å². The number of aromatic nitrogens is 1. The lowest BCUT2D eigenvalue weighted by Crippen LogP contribution is -2.33. The van der Waals surface area contributed by atoms with Gasteiger partial charge in [0.2, 0.25) is 0 Å². The zero-order valence-corrected chi connectivity index (χ0v) is 24.0. The lowest BCUT2D eigenvalue weighted by molar-refractivity contribution is 0.143. The summed E-state index contributed by atoms with van der Waals surface area (Å²) in [6.07, 6.45) is 9.97. The fourth-order valence-corrected chi connectivity index (χ4v) is 4.84. The van der Waals surface area contributed by atoms with Crippen molar-refractivity contribution in [2.75, 3.05) is 25.4 Å². The summed E-state index contributed by atoms with van der Waals surface area (Å²) >= 11 is 0. The summed E-state index contributed by atoms with van der Waals surface area (Å²) in [6.45, 7) is 18.9. The van der Waals surface area contributed by atoms with Gasteiger partial charge in [0.05, 0.1) is 5.71 Å². The van der Waals surface area contributed by atoms with Crippen molar-refractivity contribution >= 4 is 11.5 Å². The second kappa shape index (κ2) is 17.0. The van der Waals surface area contributed by atoms with Gasteiger partial charge >= 0.3 is 0 Å². The molecule has 1 saturated heterocycles. The third-order valence-electron chi connectivity index (χ3n) is 7.00. The Morgan fingerprint density at radius 3 is 2.27 bits per heavy atom. The summed E-state index contributed by atoms with van der Waals surface area (Å²) in [5.41, 5.74) is 11.9. The Kier molecular flexibility index (Phi) is 14.0. The third kappa shape index (κ3) is 11.1. The summed E-state index contributed by atoms with van der Waals surface area (Å²) in [4.78, 5) is 12.0. The maximum absolute atomic E-state index is 5.68. The molecule has 0 spiro atoms. The predicted octanol–water partition coefficient (Wildman–Crippen LogP) is 7.79. The third-order valence-corrected chi connectivity index (χ3v) is 7.00. The maximum Gasteiger partial charge on any atom is 0.123 e. The van der Waals surface area contributed by atoms with E-state index in [2.05, 4.69) is 80.5 Å². The van der Waals surface area contributed by atoms with Crippen molar-refractivity contribution in [2.45, 2.75) is 86.1 Å². The molecule has 204 valence electrons. The Hall–Kier alpha value is -2.66. The molecule has 5 nitrogen and oxygen atoms in total.